The maximum atomic E-state index is 15.3. The number of carbonyl (C=O) groups excluding carboxylic acids is 4. The van der Waals surface area contributed by atoms with Crippen LogP contribution in [0.1, 0.15) is 61.6 Å². The summed E-state index contributed by atoms with van der Waals surface area (Å²) in [5.74, 6) is -3.29. The van der Waals surface area contributed by atoms with Crippen LogP contribution in [0, 0.1) is 11.6 Å². The van der Waals surface area contributed by atoms with E-state index in [0.29, 0.717) is 27.6 Å². The molecule has 0 radical (unpaired) electrons. The van der Waals surface area contributed by atoms with E-state index in [1.54, 1.807) is 35.2 Å². The number of benzene rings is 5. The first-order chi connectivity index (χ1) is 34.6. The Morgan fingerprint density at radius 3 is 2.20 bits per heavy atom. The molecule has 14 nitrogen and oxygen atoms in total. The van der Waals surface area contributed by atoms with Crippen LogP contribution in [0.2, 0.25) is 0 Å². The predicted octanol–water partition coefficient (Wildman–Crippen LogP) is 7.40. The van der Waals surface area contributed by atoms with Gasteiger partial charge in [0.05, 0.1) is 29.9 Å². The minimum atomic E-state index is -0.759. The molecule has 2 aliphatic rings. The number of rotatable bonds is 16. The molecule has 0 atom stereocenters. The lowest BCUT2D eigenvalue weighted by Crippen LogP contribution is -2.53. The number of aromatic nitrogens is 3. The van der Waals surface area contributed by atoms with Crippen molar-refractivity contribution in [2.45, 2.75) is 25.7 Å². The van der Waals surface area contributed by atoms with Crippen LogP contribution < -0.4 is 10.9 Å². The Balaban J connectivity index is 0.809. The molecule has 0 saturated carbocycles. The van der Waals surface area contributed by atoms with Crippen molar-refractivity contribution in [3.05, 3.63) is 189 Å². The van der Waals surface area contributed by atoms with E-state index in [-0.39, 0.29) is 101 Å². The van der Waals surface area contributed by atoms with Crippen LogP contribution in [0.25, 0.3) is 33.0 Å². The largest absolute Gasteiger partial charge is 0.448 e. The van der Waals surface area contributed by atoms with Gasteiger partial charge in [0, 0.05) is 68.8 Å². The number of hydrogen-bond donors (Lipinski definition) is 2. The lowest BCUT2D eigenvalue weighted by atomic mass is 9.98. The van der Waals surface area contributed by atoms with Crippen LogP contribution in [0.4, 0.5) is 13.6 Å². The summed E-state index contributed by atoms with van der Waals surface area (Å²) in [4.78, 5) is 75.2. The van der Waals surface area contributed by atoms with Crippen molar-refractivity contribution in [1.82, 2.24) is 35.2 Å². The van der Waals surface area contributed by atoms with E-state index >= 15 is 8.78 Å². The molecule has 0 bridgehead atoms. The van der Waals surface area contributed by atoms with Crippen molar-refractivity contribution in [1.29, 1.82) is 0 Å². The molecule has 1 aliphatic carbocycles. The van der Waals surface area contributed by atoms with E-state index < -0.39 is 29.5 Å². The molecule has 16 heteroatoms. The Hall–Kier alpha value is -8.11. The minimum absolute atomic E-state index is 0.0160. The van der Waals surface area contributed by atoms with Gasteiger partial charge in [-0.15, -0.1) is 0 Å². The van der Waals surface area contributed by atoms with Crippen molar-refractivity contribution >= 4 is 34.6 Å². The zero-order valence-electron chi connectivity index (χ0n) is 39.0. The molecule has 1 saturated heterocycles. The Morgan fingerprint density at radius 1 is 0.761 bits per heavy atom. The van der Waals surface area contributed by atoms with E-state index in [1.165, 1.54) is 34.2 Å². The predicted molar refractivity (Wildman–Crippen MR) is 263 cm³/mol. The van der Waals surface area contributed by atoms with Crippen molar-refractivity contribution in [3.63, 3.8) is 0 Å². The molecule has 2 N–H and O–H groups in total. The average molecular weight is 960 g/mol. The summed E-state index contributed by atoms with van der Waals surface area (Å²) < 4.78 is 42.1. The highest BCUT2D eigenvalue weighted by Crippen LogP contribution is 2.44. The Bertz CT molecular complexity index is 3150. The molecule has 5 aromatic carbocycles. The van der Waals surface area contributed by atoms with Crippen LogP contribution in [-0.4, -0.2) is 119 Å². The molecule has 3 heterocycles. The number of hydrogen-bond acceptors (Lipinski definition) is 9. The Labute approximate surface area is 408 Å². The van der Waals surface area contributed by atoms with Gasteiger partial charge in [-0.1, -0.05) is 104 Å². The fraction of sp³-hybridized carbons (Fsp3) is 0.255. The van der Waals surface area contributed by atoms with Crippen molar-refractivity contribution < 1.29 is 37.4 Å². The van der Waals surface area contributed by atoms with Gasteiger partial charge in [-0.2, -0.15) is 5.10 Å². The van der Waals surface area contributed by atoms with E-state index in [2.05, 4.69) is 20.5 Å². The molecule has 1 fully saturated rings. The molecule has 2 aromatic heterocycles. The van der Waals surface area contributed by atoms with Gasteiger partial charge in [0.15, 0.2) is 11.5 Å². The van der Waals surface area contributed by atoms with Crippen LogP contribution in [0.3, 0.4) is 0 Å². The summed E-state index contributed by atoms with van der Waals surface area (Å²) in [5.41, 5.74) is 7.03. The maximum absolute atomic E-state index is 15.3. The third kappa shape index (κ3) is 10.7. The quantitative estimate of drug-likeness (QED) is 0.0939. The number of H-pyrrole nitrogens is 1. The summed E-state index contributed by atoms with van der Waals surface area (Å²) in [5, 5.41) is 10.5. The average Bonchev–Trinajstić information content (AvgIpc) is 3.72. The number of fused-ring (bicyclic) bond motifs is 4. The fourth-order valence-electron chi connectivity index (χ4n) is 9.19. The van der Waals surface area contributed by atoms with Gasteiger partial charge in [0.25, 0.3) is 17.4 Å². The molecular formula is C55H51F2N7O7. The smallest absolute Gasteiger partial charge is 0.410 e. The number of pyridine rings is 1. The SMILES string of the molecule is CCc1cccc(-c2cnc(C(=O)NCCOCCN(CC(=O)N3CCN(C(=O)c4cc(Cc5n[nH]c(=O)c6ccccc56)ccc4F)CC3)C(=O)OCC3c4ccccc4-c4ccccc43)c(F)c2)c1. The molecule has 71 heavy (non-hydrogen) atoms. The van der Waals surface area contributed by atoms with Crippen LogP contribution in [0.15, 0.2) is 132 Å². The minimum Gasteiger partial charge on any atom is -0.448 e. The second-order valence-corrected chi connectivity index (χ2v) is 17.4. The number of aryl methyl sites for hydroxylation is 1. The van der Waals surface area contributed by atoms with Crippen LogP contribution in [-0.2, 0) is 27.1 Å². The third-order valence-corrected chi connectivity index (χ3v) is 13.0. The highest BCUT2D eigenvalue weighted by atomic mass is 19.1. The zero-order valence-corrected chi connectivity index (χ0v) is 39.0. The molecule has 0 spiro atoms. The Morgan fingerprint density at radius 2 is 1.46 bits per heavy atom. The number of nitrogens with zero attached hydrogens (tertiary/aromatic N) is 5. The second-order valence-electron chi connectivity index (χ2n) is 17.4. The van der Waals surface area contributed by atoms with E-state index in [0.717, 1.165) is 39.8 Å². The van der Waals surface area contributed by atoms with Gasteiger partial charge < -0.3 is 24.6 Å². The molecule has 362 valence electrons. The second kappa shape index (κ2) is 21.7. The standard InChI is InChI=1S/C55H51F2N7O7/c1-2-35-10-9-11-37(28-35)38-31-48(57)51(59-32-38)53(67)58-20-26-70-27-25-64(55(69)71-34-46-41-14-5-3-12-39(41)40-13-4-6-15-42(40)46)33-50(65)62-21-23-63(24-22-62)54(68)45-29-36(18-19-47(45)56)30-49-43-16-7-8-17-44(43)52(66)61-60-49/h3-19,28-29,31-32,46H,2,20-27,30,33-34H2,1H3,(H,58,67)(H,61,66). The number of carbonyl (C=O) groups is 4. The summed E-state index contributed by atoms with van der Waals surface area (Å²) in [7, 11) is 0. The van der Waals surface area contributed by atoms with Crippen molar-refractivity contribution in [2.24, 2.45) is 0 Å². The lowest BCUT2D eigenvalue weighted by Gasteiger charge is -2.36. The fourth-order valence-corrected chi connectivity index (χ4v) is 9.19. The zero-order chi connectivity index (χ0) is 49.4. The summed E-state index contributed by atoms with van der Waals surface area (Å²) in [6.07, 6.45) is 1.80. The number of ether oxygens (including phenoxy) is 2. The normalized spacial score (nSPS) is 13.2. The number of aromatic amines is 1. The monoisotopic (exact) mass is 959 g/mol. The first kappa shape index (κ1) is 47.9. The van der Waals surface area contributed by atoms with Gasteiger partial charge in [-0.05, 0) is 69.6 Å². The van der Waals surface area contributed by atoms with Gasteiger partial charge in [-0.25, -0.2) is 23.7 Å². The van der Waals surface area contributed by atoms with E-state index in [1.807, 2.05) is 79.7 Å². The molecule has 4 amide bonds. The number of nitrogens with one attached hydrogen (secondary N) is 2. The third-order valence-electron chi connectivity index (χ3n) is 13.0. The van der Waals surface area contributed by atoms with Crippen molar-refractivity contribution in [3.8, 4) is 22.3 Å². The van der Waals surface area contributed by atoms with Gasteiger partial charge in [0.2, 0.25) is 5.91 Å². The number of piperazine rings is 1. The molecule has 9 rings (SSSR count). The van der Waals surface area contributed by atoms with Crippen LogP contribution in [0.5, 0.6) is 0 Å². The summed E-state index contributed by atoms with van der Waals surface area (Å²) in [6, 6.07) is 36.2. The maximum Gasteiger partial charge on any atom is 0.410 e. The highest BCUT2D eigenvalue weighted by molar-refractivity contribution is 5.95. The van der Waals surface area contributed by atoms with Gasteiger partial charge in [0.1, 0.15) is 19.0 Å². The highest BCUT2D eigenvalue weighted by Gasteiger charge is 2.32. The molecule has 1 aliphatic heterocycles. The topological polar surface area (TPSA) is 167 Å². The van der Waals surface area contributed by atoms with Gasteiger partial charge >= 0.3 is 6.09 Å². The molecule has 0 unspecified atom stereocenters. The summed E-state index contributed by atoms with van der Waals surface area (Å²) in [6.45, 7) is 2.20. The molecular weight excluding hydrogens is 909 g/mol. The summed E-state index contributed by atoms with van der Waals surface area (Å²) >= 11 is 0. The Kier molecular flexibility index (Phi) is 14.6. The first-order valence-electron chi connectivity index (χ1n) is 23.6. The van der Waals surface area contributed by atoms with Crippen LogP contribution >= 0.6 is 0 Å². The molecule has 7 aromatic rings. The van der Waals surface area contributed by atoms with Gasteiger partial charge in [-0.3, -0.25) is 24.1 Å². The first-order valence-corrected chi connectivity index (χ1v) is 23.6. The number of halogens is 2. The van der Waals surface area contributed by atoms with E-state index in [4.69, 9.17) is 9.47 Å². The van der Waals surface area contributed by atoms with Crippen molar-refractivity contribution in [2.75, 3.05) is 65.6 Å². The lowest BCUT2D eigenvalue weighted by molar-refractivity contribution is -0.133. The number of amides is 4. The van der Waals surface area contributed by atoms with E-state index in [9.17, 15) is 24.0 Å².